The highest BCUT2D eigenvalue weighted by atomic mass is 16.5. The summed E-state index contributed by atoms with van der Waals surface area (Å²) in [5.41, 5.74) is 0.895. The summed E-state index contributed by atoms with van der Waals surface area (Å²) in [6.07, 6.45) is 0. The number of fused-ring (bicyclic) bond motifs is 1. The van der Waals surface area contributed by atoms with Crippen LogP contribution in [0.15, 0.2) is 36.4 Å². The van der Waals surface area contributed by atoms with Crippen molar-refractivity contribution in [1.82, 2.24) is 5.32 Å². The van der Waals surface area contributed by atoms with Crippen LogP contribution < -0.4 is 10.1 Å². The molecule has 0 aliphatic rings. The van der Waals surface area contributed by atoms with Gasteiger partial charge in [0.05, 0.1) is 14.2 Å². The maximum atomic E-state index is 12.1. The average molecular weight is 287 g/mol. The molecule has 4 nitrogen and oxygen atoms in total. The third kappa shape index (κ3) is 3.16. The van der Waals surface area contributed by atoms with Gasteiger partial charge in [0.25, 0.3) is 0 Å². The van der Waals surface area contributed by atoms with Crippen LogP contribution >= 0.6 is 0 Å². The van der Waals surface area contributed by atoms with E-state index in [9.17, 15) is 4.79 Å². The van der Waals surface area contributed by atoms with Crippen molar-refractivity contribution < 1.29 is 14.3 Å². The molecule has 0 bridgehead atoms. The minimum atomic E-state index is -0.495. The van der Waals surface area contributed by atoms with E-state index in [1.54, 1.807) is 7.11 Å². The van der Waals surface area contributed by atoms with Crippen LogP contribution in [-0.2, 0) is 9.53 Å². The second kappa shape index (κ2) is 6.59. The zero-order valence-electron chi connectivity index (χ0n) is 12.8. The Labute approximate surface area is 125 Å². The van der Waals surface area contributed by atoms with Gasteiger partial charge >= 0.3 is 5.97 Å². The molecule has 0 amide bonds. The summed E-state index contributed by atoms with van der Waals surface area (Å²) in [6.45, 7) is 4.00. The number of nitrogens with one attached hydrogen (secondary N) is 1. The second-order valence-corrected chi connectivity index (χ2v) is 5.18. The van der Waals surface area contributed by atoms with E-state index >= 15 is 0 Å². The molecule has 21 heavy (non-hydrogen) atoms. The molecule has 4 heteroatoms. The van der Waals surface area contributed by atoms with Crippen LogP contribution in [0, 0.1) is 0 Å². The van der Waals surface area contributed by atoms with Crippen molar-refractivity contribution in [1.29, 1.82) is 0 Å². The summed E-state index contributed by atoms with van der Waals surface area (Å²) in [5, 5.41) is 5.23. The van der Waals surface area contributed by atoms with Crippen LogP contribution in [0.4, 0.5) is 0 Å². The van der Waals surface area contributed by atoms with E-state index in [0.29, 0.717) is 0 Å². The number of ether oxygens (including phenoxy) is 2. The Morgan fingerprint density at radius 1 is 1.05 bits per heavy atom. The molecule has 0 saturated heterocycles. The van der Waals surface area contributed by atoms with Crippen molar-refractivity contribution in [2.45, 2.75) is 25.9 Å². The smallest absolute Gasteiger partial charge is 0.327 e. The molecule has 1 atom stereocenters. The van der Waals surface area contributed by atoms with E-state index in [0.717, 1.165) is 22.1 Å². The lowest BCUT2D eigenvalue weighted by Crippen LogP contribution is -2.34. The lowest BCUT2D eigenvalue weighted by molar-refractivity contribution is -0.143. The molecule has 2 aromatic carbocycles. The van der Waals surface area contributed by atoms with Crippen molar-refractivity contribution in [3.05, 3.63) is 42.0 Å². The number of hydrogen-bond donors (Lipinski definition) is 1. The van der Waals surface area contributed by atoms with E-state index in [2.05, 4.69) is 5.32 Å². The van der Waals surface area contributed by atoms with Crippen LogP contribution in [0.25, 0.3) is 10.8 Å². The minimum Gasteiger partial charge on any atom is -0.496 e. The minimum absolute atomic E-state index is 0.162. The first-order valence-corrected chi connectivity index (χ1v) is 6.98. The van der Waals surface area contributed by atoms with Gasteiger partial charge < -0.3 is 9.47 Å². The molecule has 0 saturated carbocycles. The van der Waals surface area contributed by atoms with Gasteiger partial charge in [-0.2, -0.15) is 0 Å². The lowest BCUT2D eigenvalue weighted by atomic mass is 9.97. The number of benzene rings is 2. The Hall–Kier alpha value is -2.07. The molecule has 112 valence electrons. The molecular weight excluding hydrogens is 266 g/mol. The number of rotatable bonds is 5. The fraction of sp³-hybridized carbons (Fsp3) is 0.353. The molecule has 0 aliphatic heterocycles. The quantitative estimate of drug-likeness (QED) is 0.859. The molecular formula is C17H21NO3. The molecule has 0 spiro atoms. The Balaban J connectivity index is 2.60. The Bertz CT molecular complexity index is 637. The zero-order valence-corrected chi connectivity index (χ0v) is 12.8. The van der Waals surface area contributed by atoms with Crippen LogP contribution in [0.5, 0.6) is 5.75 Å². The van der Waals surface area contributed by atoms with Gasteiger partial charge in [0, 0.05) is 11.4 Å². The van der Waals surface area contributed by atoms with Crippen molar-refractivity contribution >= 4 is 16.7 Å². The zero-order chi connectivity index (χ0) is 15.4. The van der Waals surface area contributed by atoms with Crippen LogP contribution in [0.1, 0.15) is 25.5 Å². The van der Waals surface area contributed by atoms with Gasteiger partial charge in [0.15, 0.2) is 0 Å². The average Bonchev–Trinajstić information content (AvgIpc) is 2.50. The van der Waals surface area contributed by atoms with Crippen LogP contribution in [0.2, 0.25) is 0 Å². The standard InChI is InChI=1S/C17H21NO3/c1-11(2)18-16(17(19)21-4)14-9-10-15(20-3)13-8-6-5-7-12(13)14/h5-11,16,18H,1-4H3. The van der Waals surface area contributed by atoms with E-state index in [-0.39, 0.29) is 12.0 Å². The molecule has 0 radical (unpaired) electrons. The second-order valence-electron chi connectivity index (χ2n) is 5.18. The maximum absolute atomic E-state index is 12.1. The van der Waals surface area contributed by atoms with Gasteiger partial charge in [-0.1, -0.05) is 30.3 Å². The summed E-state index contributed by atoms with van der Waals surface area (Å²) in [6, 6.07) is 11.4. The molecule has 0 fully saturated rings. The van der Waals surface area contributed by atoms with E-state index in [4.69, 9.17) is 9.47 Å². The van der Waals surface area contributed by atoms with Gasteiger partial charge in [0.1, 0.15) is 11.8 Å². The highest BCUT2D eigenvalue weighted by Crippen LogP contribution is 2.32. The monoisotopic (exact) mass is 287 g/mol. The van der Waals surface area contributed by atoms with Gasteiger partial charge in [-0.15, -0.1) is 0 Å². The van der Waals surface area contributed by atoms with Crippen molar-refractivity contribution in [2.75, 3.05) is 14.2 Å². The third-order valence-corrected chi connectivity index (χ3v) is 3.39. The number of carbonyl (C=O) groups excluding carboxylic acids is 1. The first kappa shape index (κ1) is 15.3. The first-order chi connectivity index (χ1) is 10.1. The largest absolute Gasteiger partial charge is 0.496 e. The third-order valence-electron chi connectivity index (χ3n) is 3.39. The molecule has 1 unspecified atom stereocenters. The first-order valence-electron chi connectivity index (χ1n) is 6.98. The SMILES string of the molecule is COC(=O)C(NC(C)C)c1ccc(OC)c2ccccc12. The van der Waals surface area contributed by atoms with E-state index in [1.165, 1.54) is 7.11 Å². The number of esters is 1. The van der Waals surface area contributed by atoms with Crippen molar-refractivity contribution in [3.8, 4) is 5.75 Å². The van der Waals surface area contributed by atoms with Gasteiger partial charge in [-0.25, -0.2) is 4.79 Å². The Morgan fingerprint density at radius 2 is 1.71 bits per heavy atom. The van der Waals surface area contributed by atoms with E-state index in [1.807, 2.05) is 50.2 Å². The van der Waals surface area contributed by atoms with Gasteiger partial charge in [0.2, 0.25) is 0 Å². The number of methoxy groups -OCH3 is 2. The predicted octanol–water partition coefficient (Wildman–Crippen LogP) is 3.06. The fourth-order valence-electron chi connectivity index (χ4n) is 2.46. The summed E-state index contributed by atoms with van der Waals surface area (Å²) in [7, 11) is 3.05. The van der Waals surface area contributed by atoms with Gasteiger partial charge in [-0.3, -0.25) is 5.32 Å². The normalized spacial score (nSPS) is 12.4. The van der Waals surface area contributed by atoms with Crippen LogP contribution in [-0.4, -0.2) is 26.2 Å². The molecule has 0 aromatic heterocycles. The highest BCUT2D eigenvalue weighted by molar-refractivity contribution is 5.94. The molecule has 1 N–H and O–H groups in total. The lowest BCUT2D eigenvalue weighted by Gasteiger charge is -2.21. The topological polar surface area (TPSA) is 47.6 Å². The molecule has 0 heterocycles. The summed E-state index contributed by atoms with van der Waals surface area (Å²) in [4.78, 5) is 12.1. The Kier molecular flexibility index (Phi) is 4.81. The summed E-state index contributed by atoms with van der Waals surface area (Å²) in [5.74, 6) is 0.501. The number of hydrogen-bond acceptors (Lipinski definition) is 4. The summed E-state index contributed by atoms with van der Waals surface area (Å²) < 4.78 is 10.3. The van der Waals surface area contributed by atoms with E-state index < -0.39 is 6.04 Å². The highest BCUT2D eigenvalue weighted by Gasteiger charge is 2.24. The molecule has 0 aliphatic carbocycles. The van der Waals surface area contributed by atoms with Crippen molar-refractivity contribution in [2.24, 2.45) is 0 Å². The Morgan fingerprint density at radius 3 is 2.29 bits per heavy atom. The van der Waals surface area contributed by atoms with Crippen LogP contribution in [0.3, 0.4) is 0 Å². The van der Waals surface area contributed by atoms with Crippen molar-refractivity contribution in [3.63, 3.8) is 0 Å². The predicted molar refractivity (Wildman–Crippen MR) is 83.5 cm³/mol. The molecule has 2 aromatic rings. The molecule has 2 rings (SSSR count). The number of carbonyl (C=O) groups is 1. The fourth-order valence-corrected chi connectivity index (χ4v) is 2.46. The summed E-state index contributed by atoms with van der Waals surface area (Å²) >= 11 is 0. The maximum Gasteiger partial charge on any atom is 0.327 e. The van der Waals surface area contributed by atoms with Gasteiger partial charge in [-0.05, 0) is 30.9 Å².